The monoisotopic (exact) mass is 444 g/mol. The van der Waals surface area contributed by atoms with E-state index in [-0.39, 0.29) is 16.4 Å². The summed E-state index contributed by atoms with van der Waals surface area (Å²) in [5.41, 5.74) is 3.22. The van der Waals surface area contributed by atoms with Crippen LogP contribution in [0, 0.1) is 0 Å². The van der Waals surface area contributed by atoms with Crippen molar-refractivity contribution in [2.24, 2.45) is 5.10 Å². The summed E-state index contributed by atoms with van der Waals surface area (Å²) >= 11 is 5.87. The molecule has 1 amide bonds. The van der Waals surface area contributed by atoms with Gasteiger partial charge in [0.05, 0.1) is 13.3 Å². The smallest absolute Gasteiger partial charge is 0.339 e. The Kier molecular flexibility index (Phi) is 6.71. The molecule has 0 saturated heterocycles. The molecule has 30 heavy (non-hydrogen) atoms. The van der Waals surface area contributed by atoms with Gasteiger partial charge < -0.3 is 8.92 Å². The van der Waals surface area contributed by atoms with Crippen LogP contribution in [0.25, 0.3) is 0 Å². The Morgan fingerprint density at radius 3 is 2.47 bits per heavy atom. The van der Waals surface area contributed by atoms with Gasteiger partial charge in [0.2, 0.25) is 0 Å². The fraction of sp³-hybridized carbons (Fsp3) is 0.0476. The quantitative estimate of drug-likeness (QED) is 0.339. The molecule has 0 unspecified atom stereocenters. The summed E-state index contributed by atoms with van der Waals surface area (Å²) in [6, 6.07) is 18.8. The van der Waals surface area contributed by atoms with Crippen molar-refractivity contribution in [1.29, 1.82) is 0 Å². The average Bonchev–Trinajstić information content (AvgIpc) is 2.74. The molecule has 0 aliphatic rings. The topological polar surface area (TPSA) is 94.1 Å². The maximum Gasteiger partial charge on any atom is 0.339 e. The molecule has 3 rings (SSSR count). The van der Waals surface area contributed by atoms with E-state index in [1.165, 1.54) is 43.7 Å². The largest absolute Gasteiger partial charge is 0.493 e. The third-order valence-corrected chi connectivity index (χ3v) is 5.37. The molecule has 0 radical (unpaired) electrons. The maximum absolute atomic E-state index is 12.5. The summed E-state index contributed by atoms with van der Waals surface area (Å²) < 4.78 is 35.4. The number of ether oxygens (including phenoxy) is 1. The lowest BCUT2D eigenvalue weighted by atomic mass is 10.2. The number of hydrogen-bond acceptors (Lipinski definition) is 6. The first-order chi connectivity index (χ1) is 14.4. The molecule has 3 aromatic carbocycles. The molecule has 0 spiro atoms. The van der Waals surface area contributed by atoms with Crippen molar-refractivity contribution in [1.82, 2.24) is 5.43 Å². The van der Waals surface area contributed by atoms with Gasteiger partial charge in [-0.2, -0.15) is 13.5 Å². The Balaban J connectivity index is 1.77. The number of carbonyl (C=O) groups excluding carboxylic acids is 1. The van der Waals surface area contributed by atoms with Gasteiger partial charge in [-0.05, 0) is 54.1 Å². The van der Waals surface area contributed by atoms with Crippen LogP contribution in [-0.4, -0.2) is 27.6 Å². The normalized spacial score (nSPS) is 11.3. The fourth-order valence-electron chi connectivity index (χ4n) is 2.45. The number of carbonyl (C=O) groups is 1. The maximum atomic E-state index is 12.5. The van der Waals surface area contributed by atoms with E-state index in [0.717, 1.165) is 0 Å². The summed E-state index contributed by atoms with van der Waals surface area (Å²) in [4.78, 5) is 12.1. The molecule has 7 nitrogen and oxygen atoms in total. The fourth-order valence-corrected chi connectivity index (χ4v) is 3.60. The molecule has 0 aliphatic carbocycles. The molecule has 0 fully saturated rings. The highest BCUT2D eigenvalue weighted by atomic mass is 35.5. The number of halogens is 1. The van der Waals surface area contributed by atoms with Gasteiger partial charge in [-0.1, -0.05) is 35.9 Å². The summed E-state index contributed by atoms with van der Waals surface area (Å²) in [5, 5.41) is 4.32. The third-order valence-electron chi connectivity index (χ3n) is 3.89. The second kappa shape index (κ2) is 9.43. The Labute approximate surface area is 179 Å². The zero-order chi connectivity index (χ0) is 21.6. The van der Waals surface area contributed by atoms with Crippen molar-refractivity contribution in [3.05, 3.63) is 88.9 Å². The molecular formula is C21H17ClN2O5S. The zero-order valence-corrected chi connectivity index (χ0v) is 17.4. The second-order valence-corrected chi connectivity index (χ2v) is 7.95. The Morgan fingerprint density at radius 1 is 1.00 bits per heavy atom. The van der Waals surface area contributed by atoms with Crippen LogP contribution in [0.5, 0.6) is 11.5 Å². The van der Waals surface area contributed by atoms with Crippen molar-refractivity contribution >= 4 is 33.8 Å². The lowest BCUT2D eigenvalue weighted by Crippen LogP contribution is -2.17. The first-order valence-corrected chi connectivity index (χ1v) is 10.4. The lowest BCUT2D eigenvalue weighted by molar-refractivity contribution is 0.0955. The predicted octanol–water partition coefficient (Wildman–Crippen LogP) is 3.88. The first-order valence-electron chi connectivity index (χ1n) is 8.65. The molecule has 0 atom stereocenters. The van der Waals surface area contributed by atoms with Gasteiger partial charge in [0.25, 0.3) is 5.91 Å². The Morgan fingerprint density at radius 2 is 1.77 bits per heavy atom. The number of hydrazone groups is 1. The van der Waals surface area contributed by atoms with Crippen LogP contribution in [0.4, 0.5) is 0 Å². The second-order valence-electron chi connectivity index (χ2n) is 5.97. The van der Waals surface area contributed by atoms with Gasteiger partial charge in [-0.15, -0.1) is 0 Å². The molecule has 9 heteroatoms. The average molecular weight is 445 g/mol. The Hall–Kier alpha value is -3.36. The SMILES string of the molecule is COc1ccc(C=NNC(=O)c2cccc(Cl)c2)cc1OS(=O)(=O)c1ccccc1. The molecule has 3 aromatic rings. The van der Waals surface area contributed by atoms with E-state index in [2.05, 4.69) is 10.5 Å². The van der Waals surface area contributed by atoms with Crippen LogP contribution in [0.3, 0.4) is 0 Å². The van der Waals surface area contributed by atoms with Crippen molar-refractivity contribution in [3.8, 4) is 11.5 Å². The van der Waals surface area contributed by atoms with Crippen molar-refractivity contribution in [2.45, 2.75) is 4.90 Å². The van der Waals surface area contributed by atoms with Gasteiger partial charge >= 0.3 is 10.1 Å². The van der Waals surface area contributed by atoms with E-state index in [0.29, 0.717) is 16.1 Å². The number of nitrogens with zero attached hydrogens (tertiary/aromatic N) is 1. The molecule has 154 valence electrons. The molecule has 0 aliphatic heterocycles. The van der Waals surface area contributed by atoms with Crippen LogP contribution >= 0.6 is 11.6 Å². The van der Waals surface area contributed by atoms with Gasteiger partial charge in [-0.25, -0.2) is 5.43 Å². The van der Waals surface area contributed by atoms with Crippen LogP contribution in [0.2, 0.25) is 5.02 Å². The third kappa shape index (κ3) is 5.37. The standard InChI is InChI=1S/C21H17ClN2O5S/c1-28-19-11-10-15(14-23-24-21(25)16-6-5-7-17(22)13-16)12-20(19)29-30(26,27)18-8-3-2-4-9-18/h2-14H,1H3,(H,24,25). The lowest BCUT2D eigenvalue weighted by Gasteiger charge is -2.11. The number of methoxy groups -OCH3 is 1. The number of benzene rings is 3. The molecule has 0 bridgehead atoms. The van der Waals surface area contributed by atoms with Crippen LogP contribution in [-0.2, 0) is 10.1 Å². The van der Waals surface area contributed by atoms with E-state index >= 15 is 0 Å². The van der Waals surface area contributed by atoms with E-state index in [1.807, 2.05) is 0 Å². The highest BCUT2D eigenvalue weighted by Gasteiger charge is 2.19. The van der Waals surface area contributed by atoms with Crippen LogP contribution < -0.4 is 14.3 Å². The number of nitrogens with one attached hydrogen (secondary N) is 1. The highest BCUT2D eigenvalue weighted by molar-refractivity contribution is 7.87. The molecule has 0 saturated carbocycles. The van der Waals surface area contributed by atoms with E-state index in [9.17, 15) is 13.2 Å². The number of rotatable bonds is 7. The van der Waals surface area contributed by atoms with E-state index < -0.39 is 16.0 Å². The van der Waals surface area contributed by atoms with Crippen molar-refractivity contribution < 1.29 is 22.1 Å². The minimum Gasteiger partial charge on any atom is -0.493 e. The predicted molar refractivity (Wildman–Crippen MR) is 114 cm³/mol. The summed E-state index contributed by atoms with van der Waals surface area (Å²) in [6.07, 6.45) is 1.35. The van der Waals surface area contributed by atoms with Gasteiger partial charge in [0, 0.05) is 10.6 Å². The van der Waals surface area contributed by atoms with E-state index in [1.54, 1.807) is 42.5 Å². The minimum atomic E-state index is -4.04. The summed E-state index contributed by atoms with van der Waals surface area (Å²) in [6.45, 7) is 0. The Bertz CT molecular complexity index is 1180. The molecular weight excluding hydrogens is 428 g/mol. The van der Waals surface area contributed by atoms with Crippen molar-refractivity contribution in [2.75, 3.05) is 7.11 Å². The molecule has 1 N–H and O–H groups in total. The van der Waals surface area contributed by atoms with Gasteiger partial charge in [0.15, 0.2) is 11.5 Å². The van der Waals surface area contributed by atoms with Gasteiger partial charge in [-0.3, -0.25) is 4.79 Å². The summed E-state index contributed by atoms with van der Waals surface area (Å²) in [7, 11) is -2.64. The van der Waals surface area contributed by atoms with Crippen molar-refractivity contribution in [3.63, 3.8) is 0 Å². The zero-order valence-electron chi connectivity index (χ0n) is 15.8. The van der Waals surface area contributed by atoms with Crippen LogP contribution in [0.15, 0.2) is 82.8 Å². The van der Waals surface area contributed by atoms with Gasteiger partial charge in [0.1, 0.15) is 4.90 Å². The first kappa shape index (κ1) is 21.4. The number of hydrogen-bond donors (Lipinski definition) is 1. The number of amides is 1. The summed E-state index contributed by atoms with van der Waals surface area (Å²) in [5.74, 6) is -0.216. The van der Waals surface area contributed by atoms with E-state index in [4.69, 9.17) is 20.5 Å². The molecule has 0 aromatic heterocycles. The molecule has 0 heterocycles. The van der Waals surface area contributed by atoms with Crippen LogP contribution in [0.1, 0.15) is 15.9 Å². The minimum absolute atomic E-state index is 0.00790. The highest BCUT2D eigenvalue weighted by Crippen LogP contribution is 2.30.